The highest BCUT2D eigenvalue weighted by Gasteiger charge is 2.15. The summed E-state index contributed by atoms with van der Waals surface area (Å²) in [5.74, 6) is 1.13. The quantitative estimate of drug-likeness (QED) is 0.619. The van der Waals surface area contributed by atoms with Crippen molar-refractivity contribution in [3.05, 3.63) is 63.2 Å². The zero-order valence-corrected chi connectivity index (χ0v) is 15.6. The number of carbonyl (C=O) groups excluding carboxylic acids is 1. The molecule has 25 heavy (non-hydrogen) atoms. The van der Waals surface area contributed by atoms with Crippen molar-refractivity contribution in [2.45, 2.75) is 6.54 Å². The van der Waals surface area contributed by atoms with Crippen molar-refractivity contribution < 1.29 is 9.53 Å². The molecule has 0 aliphatic carbocycles. The fourth-order valence-corrected chi connectivity index (χ4v) is 2.47. The number of halogens is 1. The van der Waals surface area contributed by atoms with Gasteiger partial charge in [-0.25, -0.2) is 4.98 Å². The number of amides is 1. The second-order valence-electron chi connectivity index (χ2n) is 5.10. The maximum Gasteiger partial charge on any atom is 0.257 e. The first-order valence-electron chi connectivity index (χ1n) is 7.31. The van der Waals surface area contributed by atoms with Crippen molar-refractivity contribution in [2.75, 3.05) is 0 Å². The maximum absolute atomic E-state index is 12.5. The van der Waals surface area contributed by atoms with Gasteiger partial charge in [-0.1, -0.05) is 15.9 Å². The molecule has 2 aromatic heterocycles. The van der Waals surface area contributed by atoms with Crippen molar-refractivity contribution in [1.29, 1.82) is 0 Å². The Morgan fingerprint density at radius 2 is 2.12 bits per heavy atom. The van der Waals surface area contributed by atoms with E-state index in [-0.39, 0.29) is 18.3 Å². The highest BCUT2D eigenvalue weighted by molar-refractivity contribution is 9.10. The van der Waals surface area contributed by atoms with Crippen LogP contribution in [0.5, 0.6) is 11.6 Å². The number of pyridine rings is 1. The second kappa shape index (κ2) is 7.58. The lowest BCUT2D eigenvalue weighted by molar-refractivity contribution is 0.0946. The van der Waals surface area contributed by atoms with Gasteiger partial charge in [0.1, 0.15) is 11.3 Å². The maximum atomic E-state index is 12.5. The Balaban J connectivity index is 1.75. The molecule has 3 aromatic rings. The number of nitrogens with zero attached hydrogens (tertiary/aromatic N) is 3. The van der Waals surface area contributed by atoms with Crippen molar-refractivity contribution in [2.24, 2.45) is 7.05 Å². The largest absolute Gasteiger partial charge is 0.438 e. The van der Waals surface area contributed by atoms with Crippen LogP contribution in [-0.2, 0) is 13.6 Å². The smallest absolute Gasteiger partial charge is 0.257 e. The molecule has 3 rings (SSSR count). The number of aromatic amines is 1. The molecule has 7 nitrogen and oxygen atoms in total. The van der Waals surface area contributed by atoms with E-state index in [2.05, 4.69) is 36.4 Å². The number of carbonyl (C=O) groups is 1. The number of aromatic nitrogens is 4. The SMILES string of the molecule is Cn1c(CNC(=O)c2cccnc2Oc2ccc(Br)cc2)n[nH]c1=S. The first-order chi connectivity index (χ1) is 12.0. The number of rotatable bonds is 5. The molecule has 0 fully saturated rings. The van der Waals surface area contributed by atoms with Gasteiger partial charge in [-0.05, 0) is 48.6 Å². The third kappa shape index (κ3) is 4.12. The van der Waals surface area contributed by atoms with E-state index in [1.807, 2.05) is 12.1 Å². The molecular weight excluding hydrogens is 406 g/mol. The fraction of sp³-hybridized carbons (Fsp3) is 0.125. The van der Waals surface area contributed by atoms with Crippen LogP contribution in [0, 0.1) is 4.77 Å². The van der Waals surface area contributed by atoms with Crippen LogP contribution in [0.4, 0.5) is 0 Å². The van der Waals surface area contributed by atoms with E-state index in [1.165, 1.54) is 0 Å². The van der Waals surface area contributed by atoms with E-state index >= 15 is 0 Å². The normalized spacial score (nSPS) is 10.5. The van der Waals surface area contributed by atoms with Gasteiger partial charge in [0.15, 0.2) is 10.6 Å². The van der Waals surface area contributed by atoms with E-state index in [4.69, 9.17) is 17.0 Å². The fourth-order valence-electron chi connectivity index (χ4n) is 2.05. The van der Waals surface area contributed by atoms with Crippen LogP contribution in [-0.4, -0.2) is 25.7 Å². The van der Waals surface area contributed by atoms with E-state index in [1.54, 1.807) is 42.1 Å². The van der Waals surface area contributed by atoms with E-state index in [9.17, 15) is 4.79 Å². The summed E-state index contributed by atoms with van der Waals surface area (Å²) in [6, 6.07) is 10.6. The highest BCUT2D eigenvalue weighted by atomic mass is 79.9. The zero-order chi connectivity index (χ0) is 17.8. The Labute approximate surface area is 157 Å². The van der Waals surface area contributed by atoms with Gasteiger partial charge in [-0.2, -0.15) is 5.10 Å². The summed E-state index contributed by atoms with van der Waals surface area (Å²) in [7, 11) is 1.78. The number of hydrogen-bond acceptors (Lipinski definition) is 5. The van der Waals surface area contributed by atoms with E-state index in [0.29, 0.717) is 21.9 Å². The summed E-state index contributed by atoms with van der Waals surface area (Å²) in [4.78, 5) is 16.6. The summed E-state index contributed by atoms with van der Waals surface area (Å²) < 4.78 is 8.85. The topological polar surface area (TPSA) is 84.8 Å². The summed E-state index contributed by atoms with van der Waals surface area (Å²) in [5.41, 5.74) is 0.335. The Hall–Kier alpha value is -2.52. The molecular formula is C16H14BrN5O2S. The predicted molar refractivity (Wildman–Crippen MR) is 98.0 cm³/mol. The molecule has 0 atom stereocenters. The molecule has 2 heterocycles. The van der Waals surface area contributed by atoms with Gasteiger partial charge in [0.05, 0.1) is 6.54 Å². The Kier molecular flexibility index (Phi) is 5.25. The first-order valence-corrected chi connectivity index (χ1v) is 8.51. The van der Waals surface area contributed by atoms with Crippen molar-refractivity contribution in [3.8, 4) is 11.6 Å². The highest BCUT2D eigenvalue weighted by Crippen LogP contribution is 2.24. The molecule has 0 saturated heterocycles. The first kappa shape index (κ1) is 17.3. The minimum atomic E-state index is -0.311. The lowest BCUT2D eigenvalue weighted by atomic mass is 10.2. The lowest BCUT2D eigenvalue weighted by Gasteiger charge is -2.10. The standard InChI is InChI=1S/C16H14BrN5O2S/c1-22-13(20-21-16(22)25)9-19-14(23)12-3-2-8-18-15(12)24-11-6-4-10(17)5-7-11/h2-8H,9H2,1H3,(H,19,23)(H,21,25). The predicted octanol–water partition coefficient (Wildman–Crippen LogP) is 3.36. The van der Waals surface area contributed by atoms with Crippen LogP contribution in [0.1, 0.15) is 16.2 Å². The third-order valence-electron chi connectivity index (χ3n) is 3.42. The average Bonchev–Trinajstić information content (AvgIpc) is 2.94. The Bertz CT molecular complexity index is 952. The molecule has 0 bridgehead atoms. The molecule has 0 saturated carbocycles. The van der Waals surface area contributed by atoms with Crippen LogP contribution < -0.4 is 10.1 Å². The van der Waals surface area contributed by atoms with Crippen molar-refractivity contribution >= 4 is 34.1 Å². The summed E-state index contributed by atoms with van der Waals surface area (Å²) >= 11 is 8.41. The van der Waals surface area contributed by atoms with Gasteiger partial charge >= 0.3 is 0 Å². The average molecular weight is 420 g/mol. The molecule has 128 valence electrons. The second-order valence-corrected chi connectivity index (χ2v) is 6.40. The summed E-state index contributed by atoms with van der Waals surface area (Å²) in [5, 5.41) is 9.52. The molecule has 1 amide bonds. The molecule has 9 heteroatoms. The molecule has 0 unspecified atom stereocenters. The number of nitrogens with one attached hydrogen (secondary N) is 2. The van der Waals surface area contributed by atoms with E-state index < -0.39 is 0 Å². The van der Waals surface area contributed by atoms with Crippen LogP contribution in [0.25, 0.3) is 0 Å². The van der Waals surface area contributed by atoms with Gasteiger partial charge in [-0.15, -0.1) is 0 Å². The number of benzene rings is 1. The van der Waals surface area contributed by atoms with Crippen LogP contribution in [0.3, 0.4) is 0 Å². The van der Waals surface area contributed by atoms with Crippen LogP contribution in [0.2, 0.25) is 0 Å². The van der Waals surface area contributed by atoms with Crippen molar-refractivity contribution in [1.82, 2.24) is 25.1 Å². The number of hydrogen-bond donors (Lipinski definition) is 2. The van der Waals surface area contributed by atoms with Crippen molar-refractivity contribution in [3.63, 3.8) is 0 Å². The molecule has 2 N–H and O–H groups in total. The number of ether oxygens (including phenoxy) is 1. The van der Waals surface area contributed by atoms with Gasteiger partial charge in [0.25, 0.3) is 5.91 Å². The number of H-pyrrole nitrogens is 1. The monoisotopic (exact) mass is 419 g/mol. The molecule has 0 spiro atoms. The lowest BCUT2D eigenvalue weighted by Crippen LogP contribution is -2.25. The molecule has 0 aliphatic heterocycles. The van der Waals surface area contributed by atoms with Gasteiger partial charge in [0.2, 0.25) is 5.88 Å². The van der Waals surface area contributed by atoms with Gasteiger partial charge in [-0.3, -0.25) is 9.89 Å². The summed E-state index contributed by atoms with van der Waals surface area (Å²) in [6.07, 6.45) is 1.57. The Morgan fingerprint density at radius 3 is 2.80 bits per heavy atom. The summed E-state index contributed by atoms with van der Waals surface area (Å²) in [6.45, 7) is 0.231. The van der Waals surface area contributed by atoms with Crippen LogP contribution in [0.15, 0.2) is 47.1 Å². The minimum Gasteiger partial charge on any atom is -0.438 e. The Morgan fingerprint density at radius 1 is 1.36 bits per heavy atom. The zero-order valence-electron chi connectivity index (χ0n) is 13.2. The molecule has 0 radical (unpaired) electrons. The third-order valence-corrected chi connectivity index (χ3v) is 4.32. The minimum absolute atomic E-state index is 0.231. The van der Waals surface area contributed by atoms with Gasteiger partial charge in [0, 0.05) is 17.7 Å². The van der Waals surface area contributed by atoms with Gasteiger partial charge < -0.3 is 14.6 Å². The molecule has 1 aromatic carbocycles. The van der Waals surface area contributed by atoms with Crippen LogP contribution >= 0.6 is 28.1 Å². The molecule has 0 aliphatic rings. The van der Waals surface area contributed by atoms with E-state index in [0.717, 1.165) is 4.47 Å².